The number of nitrogens with zero attached hydrogens (tertiary/aromatic N) is 1. The second kappa shape index (κ2) is 8.82. The summed E-state index contributed by atoms with van der Waals surface area (Å²) >= 11 is 0. The van der Waals surface area contributed by atoms with Crippen LogP contribution in [0.5, 0.6) is 0 Å². The Labute approximate surface area is 160 Å². The van der Waals surface area contributed by atoms with Crippen LogP contribution >= 0.6 is 0 Å². The molecule has 0 unspecified atom stereocenters. The standard InChI is InChI=1S/C22H27N3O2/c1-16-7-6-10-20(17(16)2)24-21(26)15-25-13-11-19(12-14-25)23-22(27)18-8-4-3-5-9-18/h3-10,19H,11-15H2,1-2H3,(H,23,27)(H,24,26). The van der Waals surface area contributed by atoms with Crippen molar-refractivity contribution in [3.8, 4) is 0 Å². The topological polar surface area (TPSA) is 61.4 Å². The Morgan fingerprint density at radius 1 is 1.00 bits per heavy atom. The normalized spacial score (nSPS) is 15.3. The van der Waals surface area contributed by atoms with Gasteiger partial charge in [-0.15, -0.1) is 0 Å². The first kappa shape index (κ1) is 19.1. The summed E-state index contributed by atoms with van der Waals surface area (Å²) in [6, 6.07) is 15.4. The van der Waals surface area contributed by atoms with Crippen molar-refractivity contribution < 1.29 is 9.59 Å². The van der Waals surface area contributed by atoms with Crippen molar-refractivity contribution in [3.63, 3.8) is 0 Å². The Hall–Kier alpha value is -2.66. The molecule has 0 aromatic heterocycles. The Morgan fingerprint density at radius 2 is 1.70 bits per heavy atom. The maximum absolute atomic E-state index is 12.4. The van der Waals surface area contributed by atoms with Gasteiger partial charge in [-0.2, -0.15) is 0 Å². The van der Waals surface area contributed by atoms with Gasteiger partial charge in [0.15, 0.2) is 0 Å². The number of rotatable bonds is 5. The molecule has 2 aromatic rings. The Bertz CT molecular complexity index is 796. The largest absolute Gasteiger partial charge is 0.349 e. The summed E-state index contributed by atoms with van der Waals surface area (Å²) < 4.78 is 0. The fraction of sp³-hybridized carbons (Fsp3) is 0.364. The van der Waals surface area contributed by atoms with Crippen LogP contribution in [0.2, 0.25) is 0 Å². The molecule has 142 valence electrons. The van der Waals surface area contributed by atoms with Crippen LogP contribution in [0.4, 0.5) is 5.69 Å². The van der Waals surface area contributed by atoms with Gasteiger partial charge < -0.3 is 10.6 Å². The zero-order valence-electron chi connectivity index (χ0n) is 16.0. The van der Waals surface area contributed by atoms with Crippen LogP contribution in [0.25, 0.3) is 0 Å². The number of anilines is 1. The average Bonchev–Trinajstić information content (AvgIpc) is 2.67. The van der Waals surface area contributed by atoms with E-state index in [1.54, 1.807) is 0 Å². The van der Waals surface area contributed by atoms with E-state index in [1.165, 1.54) is 5.56 Å². The fourth-order valence-electron chi connectivity index (χ4n) is 3.37. The van der Waals surface area contributed by atoms with E-state index >= 15 is 0 Å². The zero-order chi connectivity index (χ0) is 19.2. The van der Waals surface area contributed by atoms with E-state index in [-0.39, 0.29) is 17.9 Å². The van der Waals surface area contributed by atoms with Crippen LogP contribution in [0.3, 0.4) is 0 Å². The summed E-state index contributed by atoms with van der Waals surface area (Å²) in [7, 11) is 0. The van der Waals surface area contributed by atoms with Crippen LogP contribution in [-0.2, 0) is 4.79 Å². The first-order valence-electron chi connectivity index (χ1n) is 9.47. The lowest BCUT2D eigenvalue weighted by atomic mass is 10.0. The fourth-order valence-corrected chi connectivity index (χ4v) is 3.37. The lowest BCUT2D eigenvalue weighted by Crippen LogP contribution is -2.46. The predicted octanol–water partition coefficient (Wildman–Crippen LogP) is 3.14. The minimum atomic E-state index is -0.0262. The molecular weight excluding hydrogens is 338 g/mol. The van der Waals surface area contributed by atoms with Gasteiger partial charge in [-0.05, 0) is 56.0 Å². The molecular formula is C22H27N3O2. The SMILES string of the molecule is Cc1cccc(NC(=O)CN2CCC(NC(=O)c3ccccc3)CC2)c1C. The first-order chi connectivity index (χ1) is 13.0. The number of nitrogens with one attached hydrogen (secondary N) is 2. The molecule has 2 N–H and O–H groups in total. The maximum Gasteiger partial charge on any atom is 0.251 e. The third-order valence-electron chi connectivity index (χ3n) is 5.20. The maximum atomic E-state index is 12.4. The minimum Gasteiger partial charge on any atom is -0.349 e. The summed E-state index contributed by atoms with van der Waals surface area (Å²) in [6.07, 6.45) is 1.71. The van der Waals surface area contributed by atoms with Gasteiger partial charge >= 0.3 is 0 Å². The smallest absolute Gasteiger partial charge is 0.251 e. The zero-order valence-corrected chi connectivity index (χ0v) is 16.0. The molecule has 2 amide bonds. The summed E-state index contributed by atoms with van der Waals surface area (Å²) in [5.74, 6) is -0.0165. The summed E-state index contributed by atoms with van der Waals surface area (Å²) in [6.45, 7) is 6.05. The Morgan fingerprint density at radius 3 is 2.41 bits per heavy atom. The van der Waals surface area contributed by atoms with Crippen molar-refractivity contribution in [2.75, 3.05) is 25.0 Å². The van der Waals surface area contributed by atoms with Gasteiger partial charge in [0, 0.05) is 30.4 Å². The van der Waals surface area contributed by atoms with Gasteiger partial charge in [0.1, 0.15) is 0 Å². The highest BCUT2D eigenvalue weighted by Crippen LogP contribution is 2.18. The van der Waals surface area contributed by atoms with Crippen LogP contribution in [0, 0.1) is 13.8 Å². The lowest BCUT2D eigenvalue weighted by molar-refractivity contribution is -0.117. The number of likely N-dealkylation sites (tertiary alicyclic amines) is 1. The number of piperidine rings is 1. The molecule has 0 atom stereocenters. The highest BCUT2D eigenvalue weighted by Gasteiger charge is 2.22. The number of amides is 2. The first-order valence-corrected chi connectivity index (χ1v) is 9.47. The quantitative estimate of drug-likeness (QED) is 0.856. The molecule has 0 saturated carbocycles. The van der Waals surface area contributed by atoms with Crippen molar-refractivity contribution >= 4 is 17.5 Å². The van der Waals surface area contributed by atoms with Crippen molar-refractivity contribution in [1.82, 2.24) is 10.2 Å². The molecule has 0 aliphatic carbocycles. The van der Waals surface area contributed by atoms with Crippen LogP contribution in [-0.4, -0.2) is 42.4 Å². The van der Waals surface area contributed by atoms with Crippen molar-refractivity contribution in [2.24, 2.45) is 0 Å². The number of carbonyl (C=O) groups excluding carboxylic acids is 2. The molecule has 5 nitrogen and oxygen atoms in total. The van der Waals surface area contributed by atoms with Crippen molar-refractivity contribution in [1.29, 1.82) is 0 Å². The second-order valence-corrected chi connectivity index (χ2v) is 7.19. The van der Waals surface area contributed by atoms with Crippen LogP contribution in [0.15, 0.2) is 48.5 Å². The minimum absolute atomic E-state index is 0.00970. The predicted molar refractivity (Wildman–Crippen MR) is 108 cm³/mol. The summed E-state index contributed by atoms with van der Waals surface area (Å²) in [5.41, 5.74) is 3.84. The third kappa shape index (κ3) is 5.17. The van der Waals surface area contributed by atoms with Gasteiger partial charge in [-0.25, -0.2) is 0 Å². The Balaban J connectivity index is 1.44. The highest BCUT2D eigenvalue weighted by atomic mass is 16.2. The van der Waals surface area contributed by atoms with E-state index in [1.807, 2.05) is 62.4 Å². The molecule has 27 heavy (non-hydrogen) atoms. The third-order valence-corrected chi connectivity index (χ3v) is 5.20. The van der Waals surface area contributed by atoms with E-state index in [9.17, 15) is 9.59 Å². The molecule has 0 bridgehead atoms. The van der Waals surface area contributed by atoms with E-state index in [0.29, 0.717) is 12.1 Å². The average molecular weight is 365 g/mol. The number of benzene rings is 2. The molecule has 1 aliphatic rings. The summed E-state index contributed by atoms with van der Waals surface area (Å²) in [5, 5.41) is 6.11. The highest BCUT2D eigenvalue weighted by molar-refractivity contribution is 5.94. The monoisotopic (exact) mass is 365 g/mol. The number of aryl methyl sites for hydroxylation is 1. The van der Waals surface area contributed by atoms with Gasteiger partial charge in [0.2, 0.25) is 5.91 Å². The molecule has 1 aliphatic heterocycles. The molecule has 0 radical (unpaired) electrons. The molecule has 1 fully saturated rings. The Kier molecular flexibility index (Phi) is 6.24. The summed E-state index contributed by atoms with van der Waals surface area (Å²) in [4.78, 5) is 26.8. The van der Waals surface area contributed by atoms with E-state index < -0.39 is 0 Å². The van der Waals surface area contributed by atoms with E-state index in [4.69, 9.17) is 0 Å². The number of carbonyl (C=O) groups is 2. The van der Waals surface area contributed by atoms with Gasteiger partial charge in [-0.1, -0.05) is 30.3 Å². The molecule has 5 heteroatoms. The van der Waals surface area contributed by atoms with Gasteiger partial charge in [0.05, 0.1) is 6.54 Å². The lowest BCUT2D eigenvalue weighted by Gasteiger charge is -2.31. The molecule has 2 aromatic carbocycles. The van der Waals surface area contributed by atoms with E-state index in [0.717, 1.165) is 37.2 Å². The van der Waals surface area contributed by atoms with Gasteiger partial charge in [0.25, 0.3) is 5.91 Å². The molecule has 0 spiro atoms. The number of hydrogen-bond acceptors (Lipinski definition) is 3. The van der Waals surface area contributed by atoms with Crippen LogP contribution < -0.4 is 10.6 Å². The van der Waals surface area contributed by atoms with Crippen LogP contribution in [0.1, 0.15) is 34.3 Å². The second-order valence-electron chi connectivity index (χ2n) is 7.19. The van der Waals surface area contributed by atoms with Crippen molar-refractivity contribution in [2.45, 2.75) is 32.7 Å². The number of hydrogen-bond donors (Lipinski definition) is 2. The molecule has 1 saturated heterocycles. The molecule has 1 heterocycles. The van der Waals surface area contributed by atoms with Gasteiger partial charge in [-0.3, -0.25) is 14.5 Å². The molecule has 3 rings (SSSR count). The van der Waals surface area contributed by atoms with Crippen molar-refractivity contribution in [3.05, 3.63) is 65.2 Å². The van der Waals surface area contributed by atoms with E-state index in [2.05, 4.69) is 15.5 Å².